The number of morpholine rings is 1. The number of fused-ring (bicyclic) bond motifs is 1. The van der Waals surface area contributed by atoms with Gasteiger partial charge in [-0.15, -0.1) is 5.10 Å². The van der Waals surface area contributed by atoms with E-state index in [4.69, 9.17) is 20.3 Å². The maximum atomic E-state index is 13.6. The molecule has 0 unspecified atom stereocenters. The molecule has 0 spiro atoms. The van der Waals surface area contributed by atoms with Gasteiger partial charge in [0.25, 0.3) is 0 Å². The third-order valence-electron chi connectivity index (χ3n) is 6.34. The molecule has 0 saturated carbocycles. The Balaban J connectivity index is 1.58. The number of pyridine rings is 1. The van der Waals surface area contributed by atoms with Crippen LogP contribution in [0.4, 0.5) is 10.7 Å². The van der Waals surface area contributed by atoms with E-state index in [0.29, 0.717) is 30.1 Å². The summed E-state index contributed by atoms with van der Waals surface area (Å²) >= 11 is 0. The van der Waals surface area contributed by atoms with E-state index in [1.54, 1.807) is 4.90 Å². The number of nitrogens with zero attached hydrogens (tertiary/aromatic N) is 6. The van der Waals surface area contributed by atoms with Gasteiger partial charge in [-0.1, -0.05) is 30.3 Å². The molecule has 11 nitrogen and oxygen atoms in total. The highest BCUT2D eigenvalue weighted by molar-refractivity contribution is 5.90. The largest absolute Gasteiger partial charge is 0.444 e. The fraction of sp³-hybridized carbons (Fsp3) is 0.393. The zero-order valence-corrected chi connectivity index (χ0v) is 22.8. The number of anilines is 1. The van der Waals surface area contributed by atoms with Crippen molar-refractivity contribution in [2.75, 3.05) is 25.4 Å². The summed E-state index contributed by atoms with van der Waals surface area (Å²) in [6.07, 6.45) is -0.865. The molecule has 1 fully saturated rings. The van der Waals surface area contributed by atoms with Gasteiger partial charge in [-0.3, -0.25) is 4.98 Å². The Hall–Kier alpha value is -4.25. The first kappa shape index (κ1) is 26.4. The molecule has 4 heterocycles. The highest BCUT2D eigenvalue weighted by atomic mass is 16.6. The standard InChI is InChI=1S/C28H33N7O4/c1-17-13-20(14-18(2)30-17)22-23(19-9-7-6-8-10-19)31-25(29)35-24(22)32-34(26(35)36)16-21-15-33(11-12-38-21)27(37)39-28(3,4)5/h6-10,13-14,21H,11-12,15-16H2,1-5H3,(H2,29,31)/t21-/m1/s1. The maximum absolute atomic E-state index is 13.6. The van der Waals surface area contributed by atoms with E-state index in [0.717, 1.165) is 22.5 Å². The van der Waals surface area contributed by atoms with Gasteiger partial charge in [0.15, 0.2) is 5.65 Å². The number of nitrogen functional groups attached to an aromatic ring is 1. The average Bonchev–Trinajstić information content (AvgIpc) is 3.19. The van der Waals surface area contributed by atoms with Crippen molar-refractivity contribution >= 4 is 17.7 Å². The molecule has 1 atom stereocenters. The number of ether oxygens (including phenoxy) is 2. The fourth-order valence-corrected chi connectivity index (χ4v) is 4.79. The zero-order chi connectivity index (χ0) is 27.9. The van der Waals surface area contributed by atoms with Crippen LogP contribution in [0.2, 0.25) is 0 Å². The van der Waals surface area contributed by atoms with Gasteiger partial charge >= 0.3 is 11.8 Å². The van der Waals surface area contributed by atoms with Crippen molar-refractivity contribution in [2.24, 2.45) is 0 Å². The number of hydrogen-bond donors (Lipinski definition) is 1. The predicted molar refractivity (Wildman–Crippen MR) is 147 cm³/mol. The number of amides is 1. The van der Waals surface area contributed by atoms with Gasteiger partial charge in [-0.25, -0.2) is 23.7 Å². The van der Waals surface area contributed by atoms with Crippen LogP contribution >= 0.6 is 0 Å². The summed E-state index contributed by atoms with van der Waals surface area (Å²) in [4.78, 5) is 36.9. The van der Waals surface area contributed by atoms with Crippen molar-refractivity contribution in [3.8, 4) is 22.4 Å². The SMILES string of the molecule is Cc1cc(-c2c(-c3ccccc3)nc(N)n3c(=O)n(C[C@H]4CN(C(=O)OC(C)(C)C)CCO4)nc23)cc(C)n1. The van der Waals surface area contributed by atoms with E-state index in [1.165, 1.54) is 9.08 Å². The fourth-order valence-electron chi connectivity index (χ4n) is 4.79. The van der Waals surface area contributed by atoms with Crippen LogP contribution in [0.15, 0.2) is 47.3 Å². The van der Waals surface area contributed by atoms with E-state index >= 15 is 0 Å². The molecule has 0 radical (unpaired) electrons. The van der Waals surface area contributed by atoms with Crippen LogP contribution in [0.5, 0.6) is 0 Å². The van der Waals surface area contributed by atoms with Crippen molar-refractivity contribution in [3.63, 3.8) is 0 Å². The Labute approximate surface area is 226 Å². The van der Waals surface area contributed by atoms with E-state index in [9.17, 15) is 9.59 Å². The lowest BCUT2D eigenvalue weighted by atomic mass is 9.99. The Kier molecular flexibility index (Phi) is 6.85. The lowest BCUT2D eigenvalue weighted by molar-refractivity contribution is -0.0486. The van der Waals surface area contributed by atoms with Gasteiger partial charge in [-0.05, 0) is 52.3 Å². The molecular formula is C28H33N7O4. The van der Waals surface area contributed by atoms with E-state index in [1.807, 2.05) is 77.1 Å². The smallest absolute Gasteiger partial charge is 0.410 e. The molecule has 0 bridgehead atoms. The summed E-state index contributed by atoms with van der Waals surface area (Å²) in [6, 6.07) is 13.5. The molecule has 1 aromatic carbocycles. The molecule has 2 N–H and O–H groups in total. The van der Waals surface area contributed by atoms with E-state index in [2.05, 4.69) is 9.97 Å². The zero-order valence-electron chi connectivity index (χ0n) is 22.8. The molecule has 3 aromatic heterocycles. The number of carbonyl (C=O) groups excluding carboxylic acids is 1. The van der Waals surface area contributed by atoms with Crippen LogP contribution in [0.1, 0.15) is 32.2 Å². The number of rotatable bonds is 4. The van der Waals surface area contributed by atoms with Gasteiger partial charge in [-0.2, -0.15) is 0 Å². The minimum Gasteiger partial charge on any atom is -0.444 e. The number of nitrogens with two attached hydrogens (primary N) is 1. The number of benzene rings is 1. The molecule has 5 rings (SSSR count). The Morgan fingerprint density at radius 3 is 2.46 bits per heavy atom. The van der Waals surface area contributed by atoms with Gasteiger partial charge in [0, 0.05) is 23.5 Å². The first-order valence-electron chi connectivity index (χ1n) is 12.9. The summed E-state index contributed by atoms with van der Waals surface area (Å²) in [5, 5.41) is 4.73. The van der Waals surface area contributed by atoms with Crippen LogP contribution in [0.3, 0.4) is 0 Å². The van der Waals surface area contributed by atoms with Crippen molar-refractivity contribution in [2.45, 2.75) is 52.9 Å². The van der Waals surface area contributed by atoms with Crippen LogP contribution in [-0.2, 0) is 16.0 Å². The molecule has 39 heavy (non-hydrogen) atoms. The maximum Gasteiger partial charge on any atom is 0.410 e. The number of aromatic nitrogens is 5. The third kappa shape index (κ3) is 5.49. The van der Waals surface area contributed by atoms with E-state index in [-0.39, 0.29) is 19.0 Å². The summed E-state index contributed by atoms with van der Waals surface area (Å²) in [5.74, 6) is 0.0336. The lowest BCUT2D eigenvalue weighted by Gasteiger charge is -2.34. The summed E-state index contributed by atoms with van der Waals surface area (Å²) < 4.78 is 14.1. The summed E-state index contributed by atoms with van der Waals surface area (Å²) in [6.45, 7) is 10.5. The number of hydrogen-bond acceptors (Lipinski definition) is 8. The third-order valence-corrected chi connectivity index (χ3v) is 6.34. The highest BCUT2D eigenvalue weighted by Gasteiger charge is 2.30. The summed E-state index contributed by atoms with van der Waals surface area (Å²) in [5.41, 5.74) is 10.3. The van der Waals surface area contributed by atoms with Gasteiger partial charge in [0.1, 0.15) is 5.60 Å². The summed E-state index contributed by atoms with van der Waals surface area (Å²) in [7, 11) is 0. The normalized spacial score (nSPS) is 16.0. The molecule has 1 aliphatic heterocycles. The van der Waals surface area contributed by atoms with Crippen LogP contribution in [0.25, 0.3) is 28.0 Å². The topological polar surface area (TPSA) is 130 Å². The number of carbonyl (C=O) groups is 1. The number of aryl methyl sites for hydroxylation is 2. The van der Waals surface area contributed by atoms with Crippen LogP contribution in [-0.4, -0.2) is 66.5 Å². The molecule has 1 aliphatic rings. The lowest BCUT2D eigenvalue weighted by Crippen LogP contribution is -2.49. The van der Waals surface area contributed by atoms with Gasteiger partial charge < -0.3 is 20.1 Å². The Bertz CT molecular complexity index is 1570. The molecule has 0 aliphatic carbocycles. The molecule has 204 valence electrons. The molecule has 4 aromatic rings. The van der Waals surface area contributed by atoms with Crippen molar-refractivity contribution < 1.29 is 14.3 Å². The molecule has 1 amide bonds. The van der Waals surface area contributed by atoms with E-state index < -0.39 is 23.5 Å². The minimum absolute atomic E-state index is 0.0336. The van der Waals surface area contributed by atoms with Gasteiger partial charge in [0.05, 0.1) is 37.1 Å². The minimum atomic E-state index is -0.607. The first-order chi connectivity index (χ1) is 18.5. The molecule has 1 saturated heterocycles. The second kappa shape index (κ2) is 10.1. The Morgan fingerprint density at radius 1 is 1.10 bits per heavy atom. The quantitative estimate of drug-likeness (QED) is 0.424. The van der Waals surface area contributed by atoms with Crippen molar-refractivity contribution in [1.29, 1.82) is 0 Å². The van der Waals surface area contributed by atoms with Crippen LogP contribution < -0.4 is 11.4 Å². The molecular weight excluding hydrogens is 498 g/mol. The second-order valence-electron chi connectivity index (χ2n) is 10.7. The Morgan fingerprint density at radius 2 is 1.79 bits per heavy atom. The van der Waals surface area contributed by atoms with Crippen molar-refractivity contribution in [1.82, 2.24) is 29.0 Å². The highest BCUT2D eigenvalue weighted by Crippen LogP contribution is 2.34. The van der Waals surface area contributed by atoms with Crippen LogP contribution in [0, 0.1) is 13.8 Å². The molecule has 11 heteroatoms. The van der Waals surface area contributed by atoms with Gasteiger partial charge in [0.2, 0.25) is 5.95 Å². The second-order valence-corrected chi connectivity index (χ2v) is 10.7. The first-order valence-corrected chi connectivity index (χ1v) is 12.9. The monoisotopic (exact) mass is 531 g/mol. The average molecular weight is 532 g/mol. The van der Waals surface area contributed by atoms with Crippen molar-refractivity contribution in [3.05, 3.63) is 64.3 Å². The predicted octanol–water partition coefficient (Wildman–Crippen LogP) is 3.45.